The molecule has 4 heteroatoms. The Balaban J connectivity index is -0.0000000278. The maximum Gasteiger partial charge on any atom is 0 e. The third kappa shape index (κ3) is 39.7. The van der Waals surface area contributed by atoms with Gasteiger partial charge in [0.2, 0.25) is 0 Å². The van der Waals surface area contributed by atoms with Crippen molar-refractivity contribution in [2.24, 2.45) is 11.8 Å². The van der Waals surface area contributed by atoms with Crippen LogP contribution >= 0.6 is 32.7 Å². The second-order valence-electron chi connectivity index (χ2n) is 5.05. The van der Waals surface area contributed by atoms with Crippen molar-refractivity contribution in [2.75, 3.05) is 18.5 Å². The number of hydrogen-bond donors (Lipinski definition) is 0. The summed E-state index contributed by atoms with van der Waals surface area (Å²) in [6.07, 6.45) is 14.0. The Bertz CT molecular complexity index is 197. The summed E-state index contributed by atoms with van der Waals surface area (Å²) in [4.78, 5) is 0. The molecule has 0 saturated carbocycles. The molecule has 0 amide bonds. The molecule has 0 saturated heterocycles. The molecule has 0 atom stereocenters. The van der Waals surface area contributed by atoms with Gasteiger partial charge in [-0.3, -0.25) is 6.08 Å². The van der Waals surface area contributed by atoms with Crippen LogP contribution in [0.5, 0.6) is 0 Å². The summed E-state index contributed by atoms with van der Waals surface area (Å²) in [5.41, 5.74) is 0. The number of halogens is 2. The van der Waals surface area contributed by atoms with E-state index >= 15 is 0 Å². The third-order valence-corrected chi connectivity index (χ3v) is 5.27. The van der Waals surface area contributed by atoms with Crippen LogP contribution in [-0.2, 0) is 21.7 Å². The molecule has 1 aliphatic carbocycles. The van der Waals surface area contributed by atoms with E-state index in [1.165, 1.54) is 18.5 Å². The minimum Gasteiger partial charge on any atom is -0.358 e. The van der Waals surface area contributed by atoms with Gasteiger partial charge < -0.3 is 36.6 Å². The Hall–Kier alpha value is 1.20. The van der Waals surface area contributed by atoms with Gasteiger partial charge in [-0.05, 0) is 24.2 Å². The normalized spacial score (nSPS) is 9.57. The molecule has 146 valence electrons. The molecule has 1 rings (SSSR count). The fraction of sp³-hybridized carbons (Fsp3) is 0.526. The Morgan fingerprint density at radius 1 is 0.957 bits per heavy atom. The van der Waals surface area contributed by atoms with Crippen LogP contribution in [0.2, 0.25) is 0 Å². The second kappa shape index (κ2) is 34.5. The van der Waals surface area contributed by atoms with Crippen LogP contribution in [0.25, 0.3) is 0 Å². The standard InChI is InChI=1S/C10H22P.C5H5.4CH3.2ClH.Ti/c1-6-11(7-9(2)3)8-10(4)5;1-2-4-5-3-1;;;;;;;/h9-10H,1,6-8H2,2-5H3;1-3H,4H2;4*1H3;2*1H;/q6*-1;;;. The van der Waals surface area contributed by atoms with Gasteiger partial charge in [0.15, 0.2) is 0 Å². The van der Waals surface area contributed by atoms with Gasteiger partial charge in [-0.25, -0.2) is 12.2 Å². The molecule has 0 aromatic rings. The minimum absolute atomic E-state index is 0. The Labute approximate surface area is 179 Å². The minimum atomic E-state index is 0. The molecule has 0 aromatic heterocycles. The monoisotopic (exact) mass is 418 g/mol. The van der Waals surface area contributed by atoms with Crippen LogP contribution in [-0.4, -0.2) is 18.5 Å². The average Bonchev–Trinajstić information content (AvgIpc) is 2.72. The fourth-order valence-electron chi connectivity index (χ4n) is 1.63. The van der Waals surface area contributed by atoms with E-state index in [9.17, 15) is 0 Å². The Morgan fingerprint density at radius 3 is 1.48 bits per heavy atom. The maximum atomic E-state index is 4.02. The van der Waals surface area contributed by atoms with Crippen molar-refractivity contribution in [1.82, 2.24) is 0 Å². The first-order chi connectivity index (χ1) is 7.56. The molecule has 0 aromatic carbocycles. The molecule has 23 heavy (non-hydrogen) atoms. The van der Waals surface area contributed by atoms with E-state index in [1.54, 1.807) is 0 Å². The first-order valence-corrected chi connectivity index (χ1v) is 8.19. The molecular weight excluding hydrogens is 378 g/mol. The molecule has 1 aliphatic rings. The van der Waals surface area contributed by atoms with E-state index in [1.807, 2.05) is 12.2 Å². The Morgan fingerprint density at radius 2 is 1.35 bits per heavy atom. The largest absolute Gasteiger partial charge is 0.358 e. The van der Waals surface area contributed by atoms with Gasteiger partial charge in [0, 0.05) is 21.7 Å². The van der Waals surface area contributed by atoms with Gasteiger partial charge in [-0.15, -0.1) is 39.2 Å². The Kier molecular flexibility index (Phi) is 74.5. The number of hydrogen-bond acceptors (Lipinski definition) is 0. The summed E-state index contributed by atoms with van der Waals surface area (Å²) in [5, 5.41) is 0. The van der Waals surface area contributed by atoms with Gasteiger partial charge in [-0.2, -0.15) is 12.2 Å². The van der Waals surface area contributed by atoms with Crippen molar-refractivity contribution in [3.8, 4) is 0 Å². The predicted molar refractivity (Wildman–Crippen MR) is 118 cm³/mol. The zero-order valence-corrected chi connectivity index (χ0v) is 20.8. The predicted octanol–water partition coefficient (Wildman–Crippen LogP) is 7.56. The van der Waals surface area contributed by atoms with Crippen molar-refractivity contribution in [3.63, 3.8) is 0 Å². The maximum absolute atomic E-state index is 4.02. The molecule has 0 heterocycles. The van der Waals surface area contributed by atoms with Crippen LogP contribution in [0.1, 0.15) is 34.1 Å². The van der Waals surface area contributed by atoms with Gasteiger partial charge >= 0.3 is 0 Å². The summed E-state index contributed by atoms with van der Waals surface area (Å²) in [5.74, 6) is 1.73. The van der Waals surface area contributed by atoms with Gasteiger partial charge in [0.25, 0.3) is 0 Å². The van der Waals surface area contributed by atoms with Crippen molar-refractivity contribution >= 4 is 32.7 Å². The average molecular weight is 419 g/mol. The molecule has 0 N–H and O–H groups in total. The first-order valence-electron chi connectivity index (χ1n) is 6.29. The van der Waals surface area contributed by atoms with E-state index in [4.69, 9.17) is 0 Å². The number of rotatable bonds is 5. The van der Waals surface area contributed by atoms with Gasteiger partial charge in [0.05, 0.1) is 0 Å². The summed E-state index contributed by atoms with van der Waals surface area (Å²) in [7, 11) is 0.252. The van der Waals surface area contributed by atoms with Crippen molar-refractivity contribution in [3.05, 3.63) is 60.9 Å². The summed E-state index contributed by atoms with van der Waals surface area (Å²) < 4.78 is 0. The van der Waals surface area contributed by atoms with Crippen LogP contribution in [0.4, 0.5) is 0 Å². The van der Waals surface area contributed by atoms with Crippen LogP contribution in [0.3, 0.4) is 0 Å². The van der Waals surface area contributed by atoms with E-state index in [-0.39, 0.29) is 84.2 Å². The van der Waals surface area contributed by atoms with Gasteiger partial charge in [0.1, 0.15) is 0 Å². The van der Waals surface area contributed by atoms with Gasteiger partial charge in [-0.1, -0.05) is 27.7 Å². The molecule has 0 aliphatic heterocycles. The van der Waals surface area contributed by atoms with E-state index in [0.29, 0.717) is 0 Å². The summed E-state index contributed by atoms with van der Waals surface area (Å²) in [6.45, 7) is 13.3. The molecular formula is C19H41Cl2PTi-6. The molecule has 0 spiro atoms. The van der Waals surface area contributed by atoms with Crippen molar-refractivity contribution < 1.29 is 21.7 Å². The molecule has 0 radical (unpaired) electrons. The molecule has 0 unspecified atom stereocenters. The van der Waals surface area contributed by atoms with Crippen LogP contribution < -0.4 is 0 Å². The van der Waals surface area contributed by atoms with E-state index < -0.39 is 0 Å². The summed E-state index contributed by atoms with van der Waals surface area (Å²) >= 11 is 0. The molecule has 0 fully saturated rings. The SMILES string of the molecule is Cl.Cl.[C-]1=CC=CC1.[CH2-]CP(CC(C)C)CC(C)C.[CH3-].[CH3-].[CH3-].[CH3-].[Ti]. The number of allylic oxidation sites excluding steroid dienone is 4. The molecule has 0 nitrogen and oxygen atoms in total. The van der Waals surface area contributed by atoms with E-state index in [0.717, 1.165) is 18.3 Å². The fourth-order valence-corrected chi connectivity index (χ4v) is 4.21. The first kappa shape index (κ1) is 49.6. The zero-order chi connectivity index (χ0) is 12.4. The topological polar surface area (TPSA) is 0 Å². The van der Waals surface area contributed by atoms with Crippen molar-refractivity contribution in [1.29, 1.82) is 0 Å². The molecule has 0 bridgehead atoms. The quantitative estimate of drug-likeness (QED) is 0.245. The van der Waals surface area contributed by atoms with Crippen LogP contribution in [0, 0.1) is 54.5 Å². The van der Waals surface area contributed by atoms with E-state index in [2.05, 4.69) is 46.8 Å². The summed E-state index contributed by atoms with van der Waals surface area (Å²) in [6, 6.07) is 0. The smallest absolute Gasteiger partial charge is 0 e. The third-order valence-electron chi connectivity index (χ3n) is 2.15. The van der Waals surface area contributed by atoms with Crippen LogP contribution in [0.15, 0.2) is 18.2 Å². The second-order valence-corrected chi connectivity index (χ2v) is 7.57. The zero-order valence-electron chi connectivity index (χ0n) is 16.7. The van der Waals surface area contributed by atoms with Crippen molar-refractivity contribution in [2.45, 2.75) is 34.1 Å².